The largest absolute Gasteiger partial charge is 0.456 e. The lowest BCUT2D eigenvalue weighted by Gasteiger charge is -2.27. The van der Waals surface area contributed by atoms with Gasteiger partial charge in [-0.15, -0.1) is 0 Å². The topological polar surface area (TPSA) is 12.5 Å². The number of piperidine rings is 1. The van der Waals surface area contributed by atoms with Crippen molar-refractivity contribution in [3.8, 4) is 11.5 Å². The monoisotopic (exact) mass is 465 g/mol. The first kappa shape index (κ1) is 18.9. The zero-order valence-corrected chi connectivity index (χ0v) is 17.9. The molecule has 2 aromatic carbocycles. The lowest BCUT2D eigenvalue weighted by Crippen LogP contribution is -2.31. The first-order valence-corrected chi connectivity index (χ1v) is 10.7. The summed E-state index contributed by atoms with van der Waals surface area (Å²) in [6.07, 6.45) is 5.36. The van der Waals surface area contributed by atoms with E-state index in [0.29, 0.717) is 5.92 Å². The van der Waals surface area contributed by atoms with Crippen LogP contribution in [0.1, 0.15) is 44.1 Å². The van der Waals surface area contributed by atoms with Crippen LogP contribution in [0.3, 0.4) is 0 Å². The van der Waals surface area contributed by atoms with Gasteiger partial charge in [0.15, 0.2) is 0 Å². The minimum atomic E-state index is 0.579. The molecule has 1 unspecified atom stereocenters. The molecule has 0 radical (unpaired) electrons. The van der Waals surface area contributed by atoms with E-state index < -0.39 is 0 Å². The second kappa shape index (κ2) is 9.20. The molecular formula is C21H25Br2NO. The Morgan fingerprint density at radius 3 is 2.40 bits per heavy atom. The summed E-state index contributed by atoms with van der Waals surface area (Å²) in [6, 6.07) is 14.5. The van der Waals surface area contributed by atoms with E-state index in [-0.39, 0.29) is 0 Å². The van der Waals surface area contributed by atoms with E-state index in [1.165, 1.54) is 50.9 Å². The average Bonchev–Trinajstić information content (AvgIpc) is 2.63. The van der Waals surface area contributed by atoms with Crippen LogP contribution in [0.5, 0.6) is 11.5 Å². The van der Waals surface area contributed by atoms with E-state index in [1.54, 1.807) is 0 Å². The van der Waals surface area contributed by atoms with Crippen LogP contribution >= 0.6 is 31.9 Å². The summed E-state index contributed by atoms with van der Waals surface area (Å²) in [5.74, 6) is 2.28. The number of hydrogen-bond acceptors (Lipinski definition) is 2. The van der Waals surface area contributed by atoms with Crippen LogP contribution in [0.2, 0.25) is 0 Å². The molecule has 3 rings (SSSR count). The predicted molar refractivity (Wildman–Crippen MR) is 112 cm³/mol. The second-order valence-corrected chi connectivity index (χ2v) is 8.61. The molecule has 0 saturated carbocycles. The lowest BCUT2D eigenvalue weighted by molar-refractivity contribution is 0.222. The molecule has 1 saturated heterocycles. The van der Waals surface area contributed by atoms with Gasteiger partial charge in [-0.1, -0.05) is 41.4 Å². The third kappa shape index (κ3) is 5.57. The predicted octanol–water partition coefficient (Wildman–Crippen LogP) is 6.98. The molecule has 0 bridgehead atoms. The van der Waals surface area contributed by atoms with Gasteiger partial charge in [0.1, 0.15) is 11.5 Å². The molecule has 0 aliphatic carbocycles. The molecule has 0 N–H and O–H groups in total. The highest BCUT2D eigenvalue weighted by molar-refractivity contribution is 9.11. The number of hydrogen-bond donors (Lipinski definition) is 0. The Bertz CT molecular complexity index is 681. The minimum absolute atomic E-state index is 0.579. The van der Waals surface area contributed by atoms with E-state index in [9.17, 15) is 0 Å². The van der Waals surface area contributed by atoms with E-state index in [2.05, 4.69) is 67.9 Å². The molecule has 0 amide bonds. The number of rotatable bonds is 6. The summed E-state index contributed by atoms with van der Waals surface area (Å²) in [4.78, 5) is 2.61. The third-order valence-electron chi connectivity index (χ3n) is 4.90. The fraction of sp³-hybridized carbons (Fsp3) is 0.429. The number of likely N-dealkylation sites (tertiary alicyclic amines) is 1. The minimum Gasteiger partial charge on any atom is -0.456 e. The van der Waals surface area contributed by atoms with Crippen LogP contribution in [0.25, 0.3) is 0 Å². The van der Waals surface area contributed by atoms with Gasteiger partial charge in [-0.25, -0.2) is 0 Å². The van der Waals surface area contributed by atoms with Gasteiger partial charge in [-0.05, 0) is 96.6 Å². The maximum atomic E-state index is 5.98. The quantitative estimate of drug-likeness (QED) is 0.455. The van der Waals surface area contributed by atoms with Crippen LogP contribution in [-0.4, -0.2) is 24.5 Å². The van der Waals surface area contributed by atoms with Gasteiger partial charge in [0.05, 0.1) is 4.47 Å². The number of benzene rings is 2. The Hall–Kier alpha value is -0.840. The van der Waals surface area contributed by atoms with Crippen molar-refractivity contribution >= 4 is 31.9 Å². The number of nitrogens with zero attached hydrogens (tertiary/aromatic N) is 1. The summed E-state index contributed by atoms with van der Waals surface area (Å²) in [5, 5.41) is 0. The van der Waals surface area contributed by atoms with Gasteiger partial charge in [-0.2, -0.15) is 0 Å². The Morgan fingerprint density at radius 2 is 1.72 bits per heavy atom. The van der Waals surface area contributed by atoms with Crippen molar-refractivity contribution in [3.05, 3.63) is 57.0 Å². The number of halogens is 2. The van der Waals surface area contributed by atoms with Crippen LogP contribution in [-0.2, 0) is 0 Å². The SMILES string of the molecule is CC(CCN1CCCCC1)c1ccc(Oc2ccc(Br)cc2Br)cc1. The van der Waals surface area contributed by atoms with Crippen molar-refractivity contribution < 1.29 is 4.74 Å². The summed E-state index contributed by atoms with van der Waals surface area (Å²) < 4.78 is 7.96. The molecule has 134 valence electrons. The number of ether oxygens (including phenoxy) is 1. The molecule has 1 aliphatic heterocycles. The van der Waals surface area contributed by atoms with Gasteiger partial charge >= 0.3 is 0 Å². The van der Waals surface area contributed by atoms with Crippen molar-refractivity contribution in [2.75, 3.05) is 19.6 Å². The van der Waals surface area contributed by atoms with Crippen molar-refractivity contribution in [1.29, 1.82) is 0 Å². The molecular weight excluding hydrogens is 442 g/mol. The standard InChI is InChI=1S/C21H25Br2NO/c1-16(11-14-24-12-3-2-4-13-24)17-5-8-19(9-6-17)25-21-10-7-18(22)15-20(21)23/h5-10,15-16H,2-4,11-14H2,1H3. The van der Waals surface area contributed by atoms with Gasteiger partial charge in [0.25, 0.3) is 0 Å². The molecule has 2 aromatic rings. The highest BCUT2D eigenvalue weighted by Gasteiger charge is 2.13. The van der Waals surface area contributed by atoms with Gasteiger partial charge in [-0.3, -0.25) is 0 Å². The van der Waals surface area contributed by atoms with E-state index >= 15 is 0 Å². The van der Waals surface area contributed by atoms with E-state index in [1.807, 2.05) is 18.2 Å². The molecule has 1 atom stereocenters. The Labute approximate surface area is 167 Å². The summed E-state index contributed by atoms with van der Waals surface area (Å²) >= 11 is 7.00. The van der Waals surface area contributed by atoms with Crippen molar-refractivity contribution in [2.45, 2.75) is 38.5 Å². The van der Waals surface area contributed by atoms with Gasteiger partial charge < -0.3 is 9.64 Å². The highest BCUT2D eigenvalue weighted by atomic mass is 79.9. The first-order chi connectivity index (χ1) is 12.1. The second-order valence-electron chi connectivity index (χ2n) is 6.84. The molecule has 25 heavy (non-hydrogen) atoms. The first-order valence-electron chi connectivity index (χ1n) is 9.07. The molecule has 0 spiro atoms. The molecule has 0 aromatic heterocycles. The molecule has 1 heterocycles. The third-order valence-corrected chi connectivity index (χ3v) is 6.01. The van der Waals surface area contributed by atoms with Gasteiger partial charge in [0.2, 0.25) is 0 Å². The van der Waals surface area contributed by atoms with Crippen LogP contribution in [0.4, 0.5) is 0 Å². The maximum absolute atomic E-state index is 5.98. The molecule has 4 heteroatoms. The van der Waals surface area contributed by atoms with Crippen LogP contribution < -0.4 is 4.74 Å². The van der Waals surface area contributed by atoms with E-state index in [4.69, 9.17) is 4.74 Å². The molecule has 1 aliphatic rings. The Kier molecular flexibility index (Phi) is 6.97. The zero-order valence-electron chi connectivity index (χ0n) is 14.7. The van der Waals surface area contributed by atoms with Crippen molar-refractivity contribution in [3.63, 3.8) is 0 Å². The highest BCUT2D eigenvalue weighted by Crippen LogP contribution is 2.32. The summed E-state index contributed by atoms with van der Waals surface area (Å²) in [7, 11) is 0. The molecule has 2 nitrogen and oxygen atoms in total. The summed E-state index contributed by atoms with van der Waals surface area (Å²) in [6.45, 7) is 6.10. The van der Waals surface area contributed by atoms with Crippen LogP contribution in [0, 0.1) is 0 Å². The Morgan fingerprint density at radius 1 is 1.00 bits per heavy atom. The fourth-order valence-corrected chi connectivity index (χ4v) is 4.40. The fourth-order valence-electron chi connectivity index (χ4n) is 3.28. The lowest BCUT2D eigenvalue weighted by atomic mass is 9.97. The Balaban J connectivity index is 1.55. The normalized spacial score (nSPS) is 16.6. The van der Waals surface area contributed by atoms with Crippen LogP contribution in [0.15, 0.2) is 51.4 Å². The smallest absolute Gasteiger partial charge is 0.141 e. The van der Waals surface area contributed by atoms with Crippen molar-refractivity contribution in [1.82, 2.24) is 4.90 Å². The average molecular weight is 467 g/mol. The zero-order chi connectivity index (χ0) is 17.6. The van der Waals surface area contributed by atoms with Gasteiger partial charge in [0, 0.05) is 4.47 Å². The van der Waals surface area contributed by atoms with E-state index in [0.717, 1.165) is 20.4 Å². The summed E-state index contributed by atoms with van der Waals surface area (Å²) in [5.41, 5.74) is 1.39. The maximum Gasteiger partial charge on any atom is 0.141 e. The molecule has 1 fully saturated rings. The van der Waals surface area contributed by atoms with Crippen molar-refractivity contribution in [2.24, 2.45) is 0 Å².